The number of anilines is 3. The van der Waals surface area contributed by atoms with E-state index >= 15 is 0 Å². The van der Waals surface area contributed by atoms with E-state index in [2.05, 4.69) is 10.0 Å². The summed E-state index contributed by atoms with van der Waals surface area (Å²) in [7, 11) is -8.08. The average Bonchev–Trinajstić information content (AvgIpc) is 3.03. The van der Waals surface area contributed by atoms with Gasteiger partial charge in [-0.3, -0.25) is 13.8 Å². The quantitative estimate of drug-likeness (QED) is 0.156. The minimum absolute atomic E-state index is 0.0133. The molecule has 0 heterocycles. The van der Waals surface area contributed by atoms with Crippen LogP contribution in [-0.4, -0.2) is 29.3 Å². The molecule has 0 spiro atoms. The standard InChI is InChI=1S/C33H28ClN3O6S2/c1-24-12-13-26(22-32(24)34)36-44(39,40)30-20-14-25(15-21-30)35-33(38)23-37(45(41,42)31-10-6-3-7-11-31)27-16-18-29(19-17-27)43-28-8-4-2-5-9-28/h2-22,36H,23H2,1H3,(H,35,38). The lowest BCUT2D eigenvalue weighted by atomic mass is 10.2. The van der Waals surface area contributed by atoms with Crippen molar-refractivity contribution in [2.45, 2.75) is 16.7 Å². The van der Waals surface area contributed by atoms with E-state index in [1.165, 1.54) is 42.5 Å². The van der Waals surface area contributed by atoms with Crippen molar-refractivity contribution in [3.63, 3.8) is 0 Å². The van der Waals surface area contributed by atoms with Gasteiger partial charge in [-0.2, -0.15) is 0 Å². The molecule has 0 aliphatic rings. The maximum atomic E-state index is 13.7. The molecule has 5 aromatic rings. The predicted octanol–water partition coefficient (Wildman–Crippen LogP) is 7.08. The number of rotatable bonds is 11. The van der Waals surface area contributed by atoms with Crippen molar-refractivity contribution in [1.29, 1.82) is 0 Å². The van der Waals surface area contributed by atoms with E-state index in [1.54, 1.807) is 66.7 Å². The van der Waals surface area contributed by atoms with Crippen LogP contribution in [0.3, 0.4) is 0 Å². The van der Waals surface area contributed by atoms with Gasteiger partial charge in [0.2, 0.25) is 5.91 Å². The number of carbonyl (C=O) groups is 1. The second-order valence-electron chi connectivity index (χ2n) is 9.88. The van der Waals surface area contributed by atoms with Crippen molar-refractivity contribution in [2.24, 2.45) is 0 Å². The van der Waals surface area contributed by atoms with E-state index in [0.717, 1.165) is 9.87 Å². The van der Waals surface area contributed by atoms with Gasteiger partial charge in [0.1, 0.15) is 18.0 Å². The van der Waals surface area contributed by atoms with Crippen LogP contribution in [0.4, 0.5) is 17.1 Å². The Morgan fingerprint density at radius 3 is 1.91 bits per heavy atom. The Hall–Kier alpha value is -4.84. The van der Waals surface area contributed by atoms with Crippen LogP contribution in [0.5, 0.6) is 11.5 Å². The highest BCUT2D eigenvalue weighted by molar-refractivity contribution is 7.93. The first-order valence-corrected chi connectivity index (χ1v) is 16.9. The molecule has 0 atom stereocenters. The van der Waals surface area contributed by atoms with Crippen LogP contribution in [0.1, 0.15) is 5.56 Å². The molecule has 230 valence electrons. The zero-order valence-corrected chi connectivity index (χ0v) is 26.3. The van der Waals surface area contributed by atoms with Crippen molar-refractivity contribution >= 4 is 54.6 Å². The number of halogens is 1. The molecular formula is C33H28ClN3O6S2. The van der Waals surface area contributed by atoms with E-state index in [4.69, 9.17) is 16.3 Å². The topological polar surface area (TPSA) is 122 Å². The summed E-state index contributed by atoms with van der Waals surface area (Å²) in [6, 6.07) is 33.6. The number of para-hydroxylation sites is 1. The Labute approximate surface area is 267 Å². The number of benzene rings is 5. The van der Waals surface area contributed by atoms with Gasteiger partial charge in [-0.1, -0.05) is 54.1 Å². The van der Waals surface area contributed by atoms with Crippen molar-refractivity contribution < 1.29 is 26.4 Å². The van der Waals surface area contributed by atoms with Gasteiger partial charge in [-0.15, -0.1) is 0 Å². The normalized spacial score (nSPS) is 11.4. The van der Waals surface area contributed by atoms with Gasteiger partial charge in [0.05, 0.1) is 21.2 Å². The Morgan fingerprint density at radius 2 is 1.29 bits per heavy atom. The largest absolute Gasteiger partial charge is 0.457 e. The number of nitrogens with zero attached hydrogens (tertiary/aromatic N) is 1. The molecule has 0 aliphatic carbocycles. The van der Waals surface area contributed by atoms with Crippen LogP contribution in [-0.2, 0) is 24.8 Å². The Balaban J connectivity index is 1.33. The van der Waals surface area contributed by atoms with Gasteiger partial charge >= 0.3 is 0 Å². The van der Waals surface area contributed by atoms with Gasteiger partial charge in [-0.25, -0.2) is 16.8 Å². The molecule has 0 fully saturated rings. The van der Waals surface area contributed by atoms with Crippen LogP contribution in [0.25, 0.3) is 0 Å². The molecule has 0 aromatic heterocycles. The maximum Gasteiger partial charge on any atom is 0.264 e. The van der Waals surface area contributed by atoms with Crippen LogP contribution in [0, 0.1) is 6.92 Å². The van der Waals surface area contributed by atoms with E-state index in [1.807, 2.05) is 25.1 Å². The molecule has 9 nitrogen and oxygen atoms in total. The fourth-order valence-corrected chi connectivity index (χ4v) is 6.93. The number of ether oxygens (including phenoxy) is 1. The minimum Gasteiger partial charge on any atom is -0.457 e. The summed E-state index contributed by atoms with van der Waals surface area (Å²) in [5.41, 5.74) is 1.64. The molecule has 0 unspecified atom stereocenters. The first-order chi connectivity index (χ1) is 21.5. The van der Waals surface area contributed by atoms with Gasteiger partial charge < -0.3 is 10.1 Å². The van der Waals surface area contributed by atoms with Gasteiger partial charge in [0.15, 0.2) is 0 Å². The number of nitrogens with one attached hydrogen (secondary N) is 2. The van der Waals surface area contributed by atoms with Gasteiger partial charge in [0, 0.05) is 10.7 Å². The summed E-state index contributed by atoms with van der Waals surface area (Å²) in [5.74, 6) is 0.469. The molecule has 5 aromatic carbocycles. The van der Waals surface area contributed by atoms with Crippen LogP contribution in [0.2, 0.25) is 5.02 Å². The van der Waals surface area contributed by atoms with Crippen LogP contribution in [0.15, 0.2) is 137 Å². The maximum absolute atomic E-state index is 13.7. The molecule has 0 saturated carbocycles. The summed E-state index contributed by atoms with van der Waals surface area (Å²) >= 11 is 6.11. The molecular weight excluding hydrogens is 634 g/mol. The minimum atomic E-state index is -4.14. The van der Waals surface area contributed by atoms with E-state index in [0.29, 0.717) is 22.2 Å². The highest BCUT2D eigenvalue weighted by Gasteiger charge is 2.27. The van der Waals surface area contributed by atoms with E-state index < -0.39 is 32.5 Å². The third kappa shape index (κ3) is 7.82. The highest BCUT2D eigenvalue weighted by Crippen LogP contribution is 2.28. The number of sulfonamides is 2. The third-order valence-corrected chi connectivity index (χ3v) is 10.2. The zero-order chi connectivity index (χ0) is 32.0. The second kappa shape index (κ2) is 13.4. The lowest BCUT2D eigenvalue weighted by molar-refractivity contribution is -0.114. The van der Waals surface area contributed by atoms with Crippen molar-refractivity contribution in [2.75, 3.05) is 20.9 Å². The summed E-state index contributed by atoms with van der Waals surface area (Å²) in [6.45, 7) is 1.26. The van der Waals surface area contributed by atoms with Crippen LogP contribution < -0.4 is 19.1 Å². The molecule has 0 bridgehead atoms. The SMILES string of the molecule is Cc1ccc(NS(=O)(=O)c2ccc(NC(=O)CN(c3ccc(Oc4ccccc4)cc3)S(=O)(=O)c3ccccc3)cc2)cc1Cl. The first-order valence-electron chi connectivity index (χ1n) is 13.6. The third-order valence-electron chi connectivity index (χ3n) is 6.59. The van der Waals surface area contributed by atoms with E-state index in [9.17, 15) is 21.6 Å². The lowest BCUT2D eigenvalue weighted by Crippen LogP contribution is -2.38. The molecule has 0 saturated heterocycles. The monoisotopic (exact) mass is 661 g/mol. The van der Waals surface area contributed by atoms with Gasteiger partial charge in [-0.05, 0) is 97.4 Å². The molecule has 0 radical (unpaired) electrons. The van der Waals surface area contributed by atoms with Crippen molar-refractivity contribution in [3.8, 4) is 11.5 Å². The smallest absolute Gasteiger partial charge is 0.264 e. The fraction of sp³-hybridized carbons (Fsp3) is 0.0606. The number of carbonyl (C=O) groups excluding carboxylic acids is 1. The number of amides is 1. The summed E-state index contributed by atoms with van der Waals surface area (Å²) in [4.78, 5) is 13.2. The number of hydrogen-bond acceptors (Lipinski definition) is 6. The highest BCUT2D eigenvalue weighted by atomic mass is 35.5. The Morgan fingerprint density at radius 1 is 0.711 bits per heavy atom. The Kier molecular flexibility index (Phi) is 9.43. The first kappa shape index (κ1) is 31.6. The van der Waals surface area contributed by atoms with Gasteiger partial charge in [0.25, 0.3) is 20.0 Å². The molecule has 12 heteroatoms. The zero-order valence-electron chi connectivity index (χ0n) is 23.9. The molecule has 5 rings (SSSR count). The summed E-state index contributed by atoms with van der Waals surface area (Å²) in [5, 5.41) is 3.07. The van der Waals surface area contributed by atoms with Crippen LogP contribution >= 0.6 is 11.6 Å². The molecule has 2 N–H and O–H groups in total. The lowest BCUT2D eigenvalue weighted by Gasteiger charge is -2.24. The van der Waals surface area contributed by atoms with Crippen molar-refractivity contribution in [3.05, 3.63) is 138 Å². The summed E-state index contributed by atoms with van der Waals surface area (Å²) in [6.07, 6.45) is 0. The number of aryl methyl sites for hydroxylation is 1. The molecule has 0 aliphatic heterocycles. The summed E-state index contributed by atoms with van der Waals surface area (Å²) < 4.78 is 62.4. The molecule has 45 heavy (non-hydrogen) atoms. The average molecular weight is 662 g/mol. The molecule has 1 amide bonds. The fourth-order valence-electron chi connectivity index (χ4n) is 4.26. The van der Waals surface area contributed by atoms with E-state index in [-0.39, 0.29) is 21.2 Å². The second-order valence-corrected chi connectivity index (χ2v) is 13.8. The predicted molar refractivity (Wildman–Crippen MR) is 176 cm³/mol. The van der Waals surface area contributed by atoms with Crippen molar-refractivity contribution in [1.82, 2.24) is 0 Å². The Bertz CT molecular complexity index is 2010. The number of hydrogen-bond donors (Lipinski definition) is 2.